The average molecular weight is 117 g/mol. The summed E-state index contributed by atoms with van der Waals surface area (Å²) in [5.41, 5.74) is 0. The first-order valence-corrected chi connectivity index (χ1v) is 2.79. The average Bonchev–Trinajstić information content (AvgIpc) is 1.69. The Hall–Kier alpha value is -0.230. The van der Waals surface area contributed by atoms with Crippen molar-refractivity contribution in [3.05, 3.63) is 24.3 Å². The molecule has 0 unspecified atom stereocenters. The number of hydrogen-bond acceptors (Lipinski definition) is 0. The largest absolute Gasteiger partial charge is 0.122 e. The normalized spacial score (nSPS) is 11.7. The number of rotatable bonds is 2. The number of halogens is 1. The van der Waals surface area contributed by atoms with Crippen molar-refractivity contribution in [3.63, 3.8) is 0 Å². The molecule has 0 saturated carbocycles. The van der Waals surface area contributed by atoms with Crippen molar-refractivity contribution in [3.8, 4) is 0 Å². The lowest BCUT2D eigenvalue weighted by Gasteiger charge is -1.68. The number of hydrogen-bond donors (Lipinski definition) is 0. The maximum atomic E-state index is 5.32. The molecule has 0 aromatic carbocycles. The van der Waals surface area contributed by atoms with Gasteiger partial charge in [-0.15, -0.1) is 11.6 Å². The predicted molar refractivity (Wildman–Crippen MR) is 34.7 cm³/mol. The third-order valence-electron chi connectivity index (χ3n) is 0.529. The fourth-order valence-electron chi connectivity index (χ4n) is 0.241. The van der Waals surface area contributed by atoms with Gasteiger partial charge in [0.15, 0.2) is 0 Å². The summed E-state index contributed by atoms with van der Waals surface area (Å²) in [4.78, 5) is 0. The van der Waals surface area contributed by atoms with Gasteiger partial charge in [-0.3, -0.25) is 0 Å². The van der Waals surface area contributed by atoms with Gasteiger partial charge in [0.25, 0.3) is 0 Å². The Labute approximate surface area is 49.5 Å². The van der Waals surface area contributed by atoms with Crippen LogP contribution < -0.4 is 0 Å². The summed E-state index contributed by atoms with van der Waals surface area (Å²) < 4.78 is 0. The fraction of sp³-hybridized carbons (Fsp3) is 0.333. The highest BCUT2D eigenvalue weighted by Crippen LogP contribution is 1.78. The standard InChI is InChI=1S/C6H9Cl/c1-2-3-4-5-6-7/h2-5H,6H2,1H3. The smallest absolute Gasteiger partial charge is 0.0407 e. The van der Waals surface area contributed by atoms with Crippen LogP contribution in [0.2, 0.25) is 0 Å². The molecule has 7 heavy (non-hydrogen) atoms. The summed E-state index contributed by atoms with van der Waals surface area (Å²) in [6, 6.07) is 0. The Balaban J connectivity index is 3.09. The molecule has 0 aliphatic rings. The second kappa shape index (κ2) is 5.77. The minimum atomic E-state index is 0.602. The predicted octanol–water partition coefficient (Wildman–Crippen LogP) is 2.36. The SMILES string of the molecule is CC=CC=CCCl. The van der Waals surface area contributed by atoms with Crippen molar-refractivity contribution in [1.29, 1.82) is 0 Å². The summed E-state index contributed by atoms with van der Waals surface area (Å²) in [6.45, 7) is 1.97. The van der Waals surface area contributed by atoms with Crippen LogP contribution in [0.3, 0.4) is 0 Å². The van der Waals surface area contributed by atoms with Crippen molar-refractivity contribution in [2.24, 2.45) is 0 Å². The Morgan fingerprint density at radius 3 is 2.57 bits per heavy atom. The van der Waals surface area contributed by atoms with Crippen LogP contribution in [0, 0.1) is 0 Å². The summed E-state index contributed by atoms with van der Waals surface area (Å²) >= 11 is 5.32. The van der Waals surface area contributed by atoms with E-state index in [2.05, 4.69) is 0 Å². The van der Waals surface area contributed by atoms with Gasteiger partial charge >= 0.3 is 0 Å². The molecule has 40 valence electrons. The quantitative estimate of drug-likeness (QED) is 0.384. The molecule has 0 nitrogen and oxygen atoms in total. The molecule has 0 radical (unpaired) electrons. The van der Waals surface area contributed by atoms with Crippen LogP contribution in [0.5, 0.6) is 0 Å². The van der Waals surface area contributed by atoms with Crippen molar-refractivity contribution in [2.45, 2.75) is 6.92 Å². The van der Waals surface area contributed by atoms with Gasteiger partial charge in [-0.2, -0.15) is 0 Å². The molecule has 0 bridgehead atoms. The second-order valence-electron chi connectivity index (χ2n) is 1.11. The van der Waals surface area contributed by atoms with E-state index >= 15 is 0 Å². The Morgan fingerprint density at radius 2 is 2.14 bits per heavy atom. The minimum Gasteiger partial charge on any atom is -0.122 e. The van der Waals surface area contributed by atoms with Crippen molar-refractivity contribution in [2.75, 3.05) is 5.88 Å². The topological polar surface area (TPSA) is 0 Å². The molecule has 0 aliphatic carbocycles. The summed E-state index contributed by atoms with van der Waals surface area (Å²) in [5, 5.41) is 0. The zero-order chi connectivity index (χ0) is 5.54. The molecule has 0 heterocycles. The summed E-state index contributed by atoms with van der Waals surface area (Å²) in [5.74, 6) is 0.602. The molecule has 0 aromatic heterocycles. The molecular formula is C6H9Cl. The van der Waals surface area contributed by atoms with Crippen LogP contribution in [-0.4, -0.2) is 5.88 Å². The molecule has 0 aromatic rings. The summed E-state index contributed by atoms with van der Waals surface area (Å²) in [6.07, 6.45) is 7.72. The van der Waals surface area contributed by atoms with Gasteiger partial charge in [-0.05, 0) is 6.92 Å². The highest BCUT2D eigenvalue weighted by atomic mass is 35.5. The van der Waals surface area contributed by atoms with E-state index in [9.17, 15) is 0 Å². The van der Waals surface area contributed by atoms with Crippen LogP contribution in [-0.2, 0) is 0 Å². The molecule has 0 fully saturated rings. The molecule has 0 N–H and O–H groups in total. The molecule has 1 heteroatoms. The third-order valence-corrected chi connectivity index (χ3v) is 0.707. The lowest BCUT2D eigenvalue weighted by atomic mass is 10.5. The highest BCUT2D eigenvalue weighted by Gasteiger charge is 1.59. The monoisotopic (exact) mass is 116 g/mol. The van der Waals surface area contributed by atoms with Gasteiger partial charge in [-0.25, -0.2) is 0 Å². The number of alkyl halides is 1. The highest BCUT2D eigenvalue weighted by molar-refractivity contribution is 6.18. The molecule has 0 amide bonds. The van der Waals surface area contributed by atoms with E-state index in [0.29, 0.717) is 5.88 Å². The Bertz CT molecular complexity index is 72.2. The lowest BCUT2D eigenvalue weighted by molar-refractivity contribution is 1.69. The second-order valence-corrected chi connectivity index (χ2v) is 1.42. The maximum Gasteiger partial charge on any atom is 0.0407 e. The molecule has 0 atom stereocenters. The first-order valence-electron chi connectivity index (χ1n) is 2.25. The van der Waals surface area contributed by atoms with Crippen LogP contribution in [0.1, 0.15) is 6.92 Å². The minimum absolute atomic E-state index is 0.602. The van der Waals surface area contributed by atoms with E-state index in [4.69, 9.17) is 11.6 Å². The van der Waals surface area contributed by atoms with Gasteiger partial charge in [0, 0.05) is 5.88 Å². The maximum absolute atomic E-state index is 5.32. The van der Waals surface area contributed by atoms with Crippen molar-refractivity contribution < 1.29 is 0 Å². The molecule has 0 aliphatic heterocycles. The molecule has 0 rings (SSSR count). The Kier molecular flexibility index (Phi) is 5.58. The summed E-state index contributed by atoms with van der Waals surface area (Å²) in [7, 11) is 0. The first kappa shape index (κ1) is 6.77. The van der Waals surface area contributed by atoms with E-state index in [-0.39, 0.29) is 0 Å². The zero-order valence-electron chi connectivity index (χ0n) is 4.39. The molecule has 0 saturated heterocycles. The van der Waals surface area contributed by atoms with Gasteiger partial charge < -0.3 is 0 Å². The Morgan fingerprint density at radius 1 is 1.43 bits per heavy atom. The van der Waals surface area contributed by atoms with E-state index in [0.717, 1.165) is 0 Å². The molecule has 0 spiro atoms. The van der Waals surface area contributed by atoms with Crippen LogP contribution >= 0.6 is 11.6 Å². The third kappa shape index (κ3) is 5.77. The van der Waals surface area contributed by atoms with Gasteiger partial charge in [0.2, 0.25) is 0 Å². The van der Waals surface area contributed by atoms with E-state index in [1.807, 2.05) is 31.2 Å². The lowest BCUT2D eigenvalue weighted by Crippen LogP contribution is -1.54. The van der Waals surface area contributed by atoms with Crippen LogP contribution in [0.4, 0.5) is 0 Å². The van der Waals surface area contributed by atoms with E-state index < -0.39 is 0 Å². The van der Waals surface area contributed by atoms with Crippen LogP contribution in [0.25, 0.3) is 0 Å². The van der Waals surface area contributed by atoms with Gasteiger partial charge in [0.05, 0.1) is 0 Å². The fourth-order valence-corrected chi connectivity index (χ4v) is 0.344. The first-order chi connectivity index (χ1) is 3.41. The zero-order valence-corrected chi connectivity index (χ0v) is 5.15. The number of allylic oxidation sites excluding steroid dienone is 4. The molecular weight excluding hydrogens is 108 g/mol. The van der Waals surface area contributed by atoms with Gasteiger partial charge in [-0.1, -0.05) is 24.3 Å². The van der Waals surface area contributed by atoms with Crippen molar-refractivity contribution >= 4 is 11.6 Å². The van der Waals surface area contributed by atoms with Crippen LogP contribution in [0.15, 0.2) is 24.3 Å². The van der Waals surface area contributed by atoms with Crippen molar-refractivity contribution in [1.82, 2.24) is 0 Å². The van der Waals surface area contributed by atoms with Gasteiger partial charge in [0.1, 0.15) is 0 Å². The van der Waals surface area contributed by atoms with E-state index in [1.54, 1.807) is 0 Å². The van der Waals surface area contributed by atoms with E-state index in [1.165, 1.54) is 0 Å².